The van der Waals surface area contributed by atoms with Gasteiger partial charge in [-0.05, 0) is 30.7 Å². The molecule has 0 aliphatic carbocycles. The highest BCUT2D eigenvalue weighted by Crippen LogP contribution is 2.43. The van der Waals surface area contributed by atoms with Gasteiger partial charge in [0.05, 0.1) is 23.5 Å². The number of hydrogen-bond donors (Lipinski definition) is 1. The van der Waals surface area contributed by atoms with Crippen LogP contribution in [0.15, 0.2) is 66.7 Å². The van der Waals surface area contributed by atoms with E-state index >= 15 is 0 Å². The summed E-state index contributed by atoms with van der Waals surface area (Å²) in [6, 6.07) is 20.4. The quantitative estimate of drug-likeness (QED) is 0.682. The lowest BCUT2D eigenvalue weighted by molar-refractivity contribution is -0.136. The van der Waals surface area contributed by atoms with Crippen molar-refractivity contribution < 1.29 is 14.7 Å². The fraction of sp³-hybridized carbons (Fsp3) is 0.182. The van der Waals surface area contributed by atoms with Crippen molar-refractivity contribution in [2.45, 2.75) is 25.5 Å². The number of benzene rings is 2. The van der Waals surface area contributed by atoms with Gasteiger partial charge >= 0.3 is 0 Å². The Morgan fingerprint density at radius 3 is 2.44 bits per heavy atom. The lowest BCUT2D eigenvalue weighted by Crippen LogP contribution is -2.41. The molecule has 1 aliphatic rings. The molecule has 0 bridgehead atoms. The Bertz CT molecular complexity index is 1010. The minimum Gasteiger partial charge on any atom is -0.375 e. The maximum atomic E-state index is 13.2. The predicted octanol–water partition coefficient (Wildman–Crippen LogP) is 4.06. The zero-order valence-corrected chi connectivity index (χ0v) is 15.7. The van der Waals surface area contributed by atoms with Gasteiger partial charge in [0.1, 0.15) is 0 Å². The van der Waals surface area contributed by atoms with Gasteiger partial charge in [-0.3, -0.25) is 9.59 Å². The van der Waals surface area contributed by atoms with Gasteiger partial charge in [0.2, 0.25) is 0 Å². The van der Waals surface area contributed by atoms with Crippen molar-refractivity contribution in [3.05, 3.63) is 87.6 Å². The standard InChI is InChI=1S/C22H19NO3S/c1-15-11-12-20(27-15)19(24)13-22(26)17-9-5-6-10-18(17)23(21(22)25)14-16-7-3-2-4-8-16/h2-12,26H,13-14H2,1H3. The van der Waals surface area contributed by atoms with E-state index in [1.165, 1.54) is 11.3 Å². The number of Topliss-reactive ketones (excluding diaryl/α,β-unsaturated/α-hetero) is 1. The van der Waals surface area contributed by atoms with Gasteiger partial charge in [0.15, 0.2) is 11.4 Å². The molecule has 2 aromatic carbocycles. The van der Waals surface area contributed by atoms with Crippen LogP contribution in [0.1, 0.15) is 32.1 Å². The Hall–Kier alpha value is -2.76. The molecule has 0 spiro atoms. The first-order valence-electron chi connectivity index (χ1n) is 8.76. The first-order valence-corrected chi connectivity index (χ1v) is 9.58. The van der Waals surface area contributed by atoms with Gasteiger partial charge in [-0.2, -0.15) is 0 Å². The van der Waals surface area contributed by atoms with E-state index in [2.05, 4.69) is 0 Å². The molecular weight excluding hydrogens is 358 g/mol. The lowest BCUT2D eigenvalue weighted by atomic mass is 9.89. The zero-order valence-electron chi connectivity index (χ0n) is 14.9. The molecule has 1 aromatic heterocycles. The molecule has 1 N–H and O–H groups in total. The first kappa shape index (κ1) is 17.6. The number of carbonyl (C=O) groups excluding carboxylic acids is 2. The number of anilines is 1. The van der Waals surface area contributed by atoms with Gasteiger partial charge in [-0.15, -0.1) is 11.3 Å². The van der Waals surface area contributed by atoms with Crippen LogP contribution in [-0.2, 0) is 16.9 Å². The SMILES string of the molecule is Cc1ccc(C(=O)CC2(O)C(=O)N(Cc3ccccc3)c3ccccc32)s1. The van der Waals surface area contributed by atoms with E-state index in [0.29, 0.717) is 22.7 Å². The number of amides is 1. The predicted molar refractivity (Wildman–Crippen MR) is 106 cm³/mol. The van der Waals surface area contributed by atoms with Gasteiger partial charge < -0.3 is 10.0 Å². The van der Waals surface area contributed by atoms with Crippen molar-refractivity contribution in [1.29, 1.82) is 0 Å². The summed E-state index contributed by atoms with van der Waals surface area (Å²) in [5, 5.41) is 11.3. The van der Waals surface area contributed by atoms with Crippen molar-refractivity contribution in [3.63, 3.8) is 0 Å². The van der Waals surface area contributed by atoms with Gasteiger partial charge in [0.25, 0.3) is 5.91 Å². The molecule has 4 rings (SSSR count). The number of rotatable bonds is 5. The number of aliphatic hydroxyl groups is 1. The van der Waals surface area contributed by atoms with E-state index in [0.717, 1.165) is 10.4 Å². The third-order valence-electron chi connectivity index (χ3n) is 4.85. The third kappa shape index (κ3) is 3.09. The van der Waals surface area contributed by atoms with Crippen LogP contribution in [0, 0.1) is 6.92 Å². The highest BCUT2D eigenvalue weighted by Gasteiger charge is 2.50. The largest absolute Gasteiger partial charge is 0.375 e. The van der Waals surface area contributed by atoms with E-state index in [9.17, 15) is 14.7 Å². The summed E-state index contributed by atoms with van der Waals surface area (Å²) >= 11 is 1.38. The molecule has 4 nitrogen and oxygen atoms in total. The Morgan fingerprint density at radius 2 is 1.74 bits per heavy atom. The highest BCUT2D eigenvalue weighted by atomic mass is 32.1. The molecule has 1 atom stereocenters. The van der Waals surface area contributed by atoms with E-state index in [1.807, 2.05) is 55.5 Å². The number of ketones is 1. The van der Waals surface area contributed by atoms with Crippen molar-refractivity contribution in [2.24, 2.45) is 0 Å². The zero-order chi connectivity index (χ0) is 19.0. The normalized spacial score (nSPS) is 18.6. The van der Waals surface area contributed by atoms with Crippen molar-refractivity contribution in [1.82, 2.24) is 0 Å². The first-order chi connectivity index (χ1) is 13.0. The summed E-state index contributed by atoms with van der Waals surface area (Å²) in [5.74, 6) is -0.672. The number of fused-ring (bicyclic) bond motifs is 1. The number of carbonyl (C=O) groups is 2. The number of thiophene rings is 1. The average molecular weight is 377 g/mol. The molecule has 0 saturated carbocycles. The van der Waals surface area contributed by atoms with E-state index in [4.69, 9.17) is 0 Å². The fourth-order valence-corrected chi connectivity index (χ4v) is 4.31. The highest BCUT2D eigenvalue weighted by molar-refractivity contribution is 7.14. The maximum Gasteiger partial charge on any atom is 0.264 e. The average Bonchev–Trinajstić information content (AvgIpc) is 3.20. The van der Waals surface area contributed by atoms with Crippen LogP contribution in [0.5, 0.6) is 0 Å². The maximum absolute atomic E-state index is 13.2. The molecule has 0 fully saturated rings. The Balaban J connectivity index is 1.68. The van der Waals surface area contributed by atoms with E-state index in [1.54, 1.807) is 23.1 Å². The molecule has 0 saturated heterocycles. The minimum absolute atomic E-state index is 0.222. The summed E-state index contributed by atoms with van der Waals surface area (Å²) < 4.78 is 0. The summed E-state index contributed by atoms with van der Waals surface area (Å²) in [7, 11) is 0. The Kier molecular flexibility index (Phi) is 4.42. The lowest BCUT2D eigenvalue weighted by Gasteiger charge is -2.22. The second-order valence-electron chi connectivity index (χ2n) is 6.76. The van der Waals surface area contributed by atoms with Crippen LogP contribution in [0.4, 0.5) is 5.69 Å². The monoisotopic (exact) mass is 377 g/mol. The van der Waals surface area contributed by atoms with Crippen LogP contribution in [0.25, 0.3) is 0 Å². The Labute approximate surface area is 161 Å². The number of aryl methyl sites for hydroxylation is 1. The van der Waals surface area contributed by atoms with Crippen LogP contribution < -0.4 is 4.90 Å². The molecule has 136 valence electrons. The van der Waals surface area contributed by atoms with Crippen LogP contribution in [0.3, 0.4) is 0 Å². The molecule has 1 aliphatic heterocycles. The Morgan fingerprint density at radius 1 is 1.04 bits per heavy atom. The molecule has 27 heavy (non-hydrogen) atoms. The van der Waals surface area contributed by atoms with Crippen molar-refractivity contribution in [3.8, 4) is 0 Å². The van der Waals surface area contributed by atoms with Gasteiger partial charge in [-0.25, -0.2) is 0 Å². The molecule has 3 aromatic rings. The second-order valence-corrected chi connectivity index (χ2v) is 8.05. The summed E-state index contributed by atoms with van der Waals surface area (Å²) in [5.41, 5.74) is 0.280. The van der Waals surface area contributed by atoms with Crippen LogP contribution >= 0.6 is 11.3 Å². The molecule has 1 amide bonds. The smallest absolute Gasteiger partial charge is 0.264 e. The fourth-order valence-electron chi connectivity index (χ4n) is 3.50. The topological polar surface area (TPSA) is 57.6 Å². The second kappa shape index (κ2) is 6.76. The van der Waals surface area contributed by atoms with Gasteiger partial charge in [-0.1, -0.05) is 48.5 Å². The van der Waals surface area contributed by atoms with E-state index in [-0.39, 0.29) is 12.2 Å². The summed E-state index contributed by atoms with van der Waals surface area (Å²) in [4.78, 5) is 29.1. The van der Waals surface area contributed by atoms with Gasteiger partial charge in [0, 0.05) is 10.4 Å². The molecule has 5 heteroatoms. The van der Waals surface area contributed by atoms with Crippen LogP contribution in [0.2, 0.25) is 0 Å². The minimum atomic E-state index is -1.83. The van der Waals surface area contributed by atoms with Crippen LogP contribution in [-0.4, -0.2) is 16.8 Å². The molecular formula is C22H19NO3S. The molecule has 0 radical (unpaired) electrons. The molecule has 2 heterocycles. The number of hydrogen-bond acceptors (Lipinski definition) is 4. The van der Waals surface area contributed by atoms with Crippen molar-refractivity contribution in [2.75, 3.05) is 4.90 Å². The summed E-state index contributed by atoms with van der Waals surface area (Å²) in [6.07, 6.45) is -0.256. The van der Waals surface area contributed by atoms with E-state index < -0.39 is 11.5 Å². The number of nitrogens with zero attached hydrogens (tertiary/aromatic N) is 1. The number of para-hydroxylation sites is 1. The third-order valence-corrected chi connectivity index (χ3v) is 5.90. The summed E-state index contributed by atoms with van der Waals surface area (Å²) in [6.45, 7) is 2.28. The van der Waals surface area contributed by atoms with Crippen molar-refractivity contribution >= 4 is 28.7 Å². The molecule has 1 unspecified atom stereocenters.